The van der Waals surface area contributed by atoms with Gasteiger partial charge in [0.1, 0.15) is 23.0 Å². The maximum absolute atomic E-state index is 6.10. The second-order valence-corrected chi connectivity index (χ2v) is 8.02. The summed E-state index contributed by atoms with van der Waals surface area (Å²) in [5.74, 6) is 3.28. The minimum atomic E-state index is 0.564. The molecule has 1 heterocycles. The predicted molar refractivity (Wildman–Crippen MR) is 130 cm³/mol. The lowest BCUT2D eigenvalue weighted by Crippen LogP contribution is -2.00. The highest BCUT2D eigenvalue weighted by Crippen LogP contribution is 2.34. The molecule has 1 aromatic heterocycles. The highest BCUT2D eigenvalue weighted by Gasteiger charge is 2.16. The third-order valence-electron chi connectivity index (χ3n) is 5.66. The average molecular weight is 428 g/mol. The zero-order chi connectivity index (χ0) is 22.8. The lowest BCUT2D eigenvalue weighted by Gasteiger charge is -2.05. The lowest BCUT2D eigenvalue weighted by molar-refractivity contribution is 0.344. The summed E-state index contributed by atoms with van der Waals surface area (Å²) < 4.78 is 17.5. The maximum Gasteiger partial charge on any atom is 0.131 e. The summed E-state index contributed by atoms with van der Waals surface area (Å²) in [6.07, 6.45) is 0. The number of methoxy groups -OCH3 is 1. The second kappa shape index (κ2) is 8.91. The Bertz CT molecular complexity index is 1350. The van der Waals surface area contributed by atoms with Gasteiger partial charge in [-0.25, -0.2) is 4.99 Å². The van der Waals surface area contributed by atoms with Crippen LogP contribution < -0.4 is 14.8 Å². The van der Waals surface area contributed by atoms with Crippen molar-refractivity contribution in [3.05, 3.63) is 82.6 Å². The molecule has 0 saturated carbocycles. The molecule has 0 aliphatic carbocycles. The second-order valence-electron chi connectivity index (χ2n) is 8.02. The number of fused-ring (bicyclic) bond motifs is 1. The molecule has 0 fully saturated rings. The van der Waals surface area contributed by atoms with Crippen LogP contribution in [0.5, 0.6) is 11.5 Å². The highest BCUT2D eigenvalue weighted by molar-refractivity contribution is 5.93. The van der Waals surface area contributed by atoms with Gasteiger partial charge in [-0.05, 0) is 81.6 Å². The van der Waals surface area contributed by atoms with Crippen LogP contribution in [-0.2, 0) is 0 Å². The molecule has 0 spiro atoms. The molecule has 4 rings (SSSR count). The van der Waals surface area contributed by atoms with Gasteiger partial charge < -0.3 is 13.9 Å². The standard InChI is InChI=1S/C28H29NO3/c1-7-31-26-16-22(21-9-11-23(30-6)12-10-21)15-25(27-19(4)32-20(5)28(26)27)29-24-13-8-17(2)14-18(24)3/h8-16H,7H2,1-6H3. The summed E-state index contributed by atoms with van der Waals surface area (Å²) in [5.41, 5.74) is 5.39. The first-order chi connectivity index (χ1) is 15.4. The van der Waals surface area contributed by atoms with Gasteiger partial charge in [-0.1, -0.05) is 29.8 Å². The third kappa shape index (κ3) is 4.13. The SMILES string of the molecule is CCOc1cc(-c2ccc(OC)cc2)cc(=Nc2ccc(C)cc2C)c2c(C)oc(C)c12. The van der Waals surface area contributed by atoms with Crippen molar-refractivity contribution in [2.75, 3.05) is 13.7 Å². The molecule has 4 aromatic rings. The van der Waals surface area contributed by atoms with Crippen LogP contribution in [0.2, 0.25) is 0 Å². The quantitative estimate of drug-likeness (QED) is 0.345. The zero-order valence-corrected chi connectivity index (χ0v) is 19.6. The summed E-state index contributed by atoms with van der Waals surface area (Å²) in [6, 6.07) is 18.6. The fraction of sp³-hybridized carbons (Fsp3) is 0.250. The number of furan rings is 1. The van der Waals surface area contributed by atoms with Gasteiger partial charge in [0.25, 0.3) is 0 Å². The van der Waals surface area contributed by atoms with Crippen molar-refractivity contribution in [3.8, 4) is 22.6 Å². The Balaban J connectivity index is 2.11. The average Bonchev–Trinajstić information content (AvgIpc) is 2.97. The Morgan fingerprint density at radius 3 is 2.19 bits per heavy atom. The van der Waals surface area contributed by atoms with Crippen LogP contribution >= 0.6 is 0 Å². The summed E-state index contributed by atoms with van der Waals surface area (Å²) in [4.78, 5) is 5.10. The molecule has 0 unspecified atom stereocenters. The van der Waals surface area contributed by atoms with Crippen molar-refractivity contribution < 1.29 is 13.9 Å². The van der Waals surface area contributed by atoms with Crippen LogP contribution in [0.25, 0.3) is 21.9 Å². The van der Waals surface area contributed by atoms with Crippen molar-refractivity contribution >= 4 is 16.5 Å². The molecule has 0 saturated heterocycles. The Morgan fingerprint density at radius 2 is 1.53 bits per heavy atom. The molecule has 0 N–H and O–H groups in total. The number of aryl methyl sites for hydroxylation is 4. The van der Waals surface area contributed by atoms with E-state index in [1.54, 1.807) is 7.11 Å². The number of rotatable bonds is 5. The molecule has 164 valence electrons. The van der Waals surface area contributed by atoms with Gasteiger partial charge in [-0.3, -0.25) is 0 Å². The van der Waals surface area contributed by atoms with Crippen LogP contribution in [0.15, 0.2) is 64.0 Å². The molecule has 0 bridgehead atoms. The van der Waals surface area contributed by atoms with E-state index < -0.39 is 0 Å². The lowest BCUT2D eigenvalue weighted by atomic mass is 10.1. The molecule has 4 nitrogen and oxygen atoms in total. The van der Waals surface area contributed by atoms with E-state index in [9.17, 15) is 0 Å². The normalized spacial score (nSPS) is 11.8. The van der Waals surface area contributed by atoms with Gasteiger partial charge in [-0.2, -0.15) is 0 Å². The number of ether oxygens (including phenoxy) is 2. The van der Waals surface area contributed by atoms with E-state index >= 15 is 0 Å². The van der Waals surface area contributed by atoms with Crippen molar-refractivity contribution in [1.82, 2.24) is 0 Å². The first-order valence-corrected chi connectivity index (χ1v) is 10.9. The van der Waals surface area contributed by atoms with E-state index in [0.29, 0.717) is 6.61 Å². The Morgan fingerprint density at radius 1 is 0.812 bits per heavy atom. The molecule has 0 aliphatic heterocycles. The summed E-state index contributed by atoms with van der Waals surface area (Å²) >= 11 is 0. The summed E-state index contributed by atoms with van der Waals surface area (Å²) in [5, 5.41) is 2.80. The molecule has 3 aromatic carbocycles. The highest BCUT2D eigenvalue weighted by atomic mass is 16.5. The van der Waals surface area contributed by atoms with Crippen LogP contribution in [0.3, 0.4) is 0 Å². The first-order valence-electron chi connectivity index (χ1n) is 10.9. The van der Waals surface area contributed by atoms with Gasteiger partial charge in [0.2, 0.25) is 0 Å². The van der Waals surface area contributed by atoms with E-state index in [2.05, 4.69) is 56.3 Å². The van der Waals surface area contributed by atoms with Crippen molar-refractivity contribution in [3.63, 3.8) is 0 Å². The molecule has 32 heavy (non-hydrogen) atoms. The summed E-state index contributed by atoms with van der Waals surface area (Å²) in [6.45, 7) is 10.7. The number of nitrogens with zero attached hydrogens (tertiary/aromatic N) is 1. The van der Waals surface area contributed by atoms with Crippen LogP contribution in [0.1, 0.15) is 29.6 Å². The molecule has 0 radical (unpaired) electrons. The van der Waals surface area contributed by atoms with Gasteiger partial charge in [-0.15, -0.1) is 0 Å². The maximum atomic E-state index is 6.10. The van der Waals surface area contributed by atoms with E-state index in [1.807, 2.05) is 32.9 Å². The fourth-order valence-electron chi connectivity index (χ4n) is 4.13. The Labute approximate surface area is 189 Å². The molecule has 0 amide bonds. The van der Waals surface area contributed by atoms with E-state index in [1.165, 1.54) is 5.56 Å². The largest absolute Gasteiger partial charge is 0.497 e. The van der Waals surface area contributed by atoms with E-state index in [4.69, 9.17) is 18.9 Å². The van der Waals surface area contributed by atoms with Gasteiger partial charge in [0, 0.05) is 0 Å². The number of hydrogen-bond acceptors (Lipinski definition) is 4. The van der Waals surface area contributed by atoms with Gasteiger partial charge in [0.15, 0.2) is 0 Å². The Kier molecular flexibility index (Phi) is 6.04. The molecule has 0 atom stereocenters. The van der Waals surface area contributed by atoms with Crippen molar-refractivity contribution in [2.45, 2.75) is 34.6 Å². The monoisotopic (exact) mass is 427 g/mol. The van der Waals surface area contributed by atoms with Crippen LogP contribution in [-0.4, -0.2) is 13.7 Å². The van der Waals surface area contributed by atoms with Crippen LogP contribution in [0.4, 0.5) is 5.69 Å². The van der Waals surface area contributed by atoms with Gasteiger partial charge in [0.05, 0.1) is 35.5 Å². The fourth-order valence-corrected chi connectivity index (χ4v) is 4.13. The van der Waals surface area contributed by atoms with E-state index in [-0.39, 0.29) is 0 Å². The molecule has 4 heteroatoms. The summed E-state index contributed by atoms with van der Waals surface area (Å²) in [7, 11) is 1.67. The minimum Gasteiger partial charge on any atom is -0.497 e. The minimum absolute atomic E-state index is 0.564. The van der Waals surface area contributed by atoms with E-state index in [0.717, 1.165) is 61.5 Å². The number of benzene rings is 2. The molecular weight excluding hydrogens is 398 g/mol. The third-order valence-corrected chi connectivity index (χ3v) is 5.66. The zero-order valence-electron chi connectivity index (χ0n) is 19.6. The first kappa shape index (κ1) is 21.7. The predicted octanol–water partition coefficient (Wildman–Crippen LogP) is 6.97. The molecule has 0 aliphatic rings. The van der Waals surface area contributed by atoms with Gasteiger partial charge >= 0.3 is 0 Å². The smallest absolute Gasteiger partial charge is 0.131 e. The van der Waals surface area contributed by atoms with Crippen LogP contribution in [0, 0.1) is 27.7 Å². The van der Waals surface area contributed by atoms with Crippen molar-refractivity contribution in [2.24, 2.45) is 4.99 Å². The number of hydrogen-bond donors (Lipinski definition) is 0. The van der Waals surface area contributed by atoms with Crippen molar-refractivity contribution in [1.29, 1.82) is 0 Å². The Hall–Kier alpha value is -3.53. The molecular formula is C28H29NO3. The topological polar surface area (TPSA) is 44.0 Å².